The zero-order valence-corrected chi connectivity index (χ0v) is 14.8. The molecule has 1 aromatic carbocycles. The van der Waals surface area contributed by atoms with Crippen molar-refractivity contribution < 1.29 is 18.2 Å². The summed E-state index contributed by atoms with van der Waals surface area (Å²) in [6.07, 6.45) is 5.71. The van der Waals surface area contributed by atoms with Crippen LogP contribution in [0.1, 0.15) is 43.6 Å². The molecular formula is C18H26NO4S-. The summed E-state index contributed by atoms with van der Waals surface area (Å²) < 4.78 is 34.9. The van der Waals surface area contributed by atoms with Crippen LogP contribution < -0.4 is 9.46 Å². The first-order chi connectivity index (χ1) is 11.7. The molecule has 1 saturated carbocycles. The van der Waals surface area contributed by atoms with Gasteiger partial charge in [0.15, 0.2) is 0 Å². The van der Waals surface area contributed by atoms with Gasteiger partial charge in [0.1, 0.15) is 5.75 Å². The van der Waals surface area contributed by atoms with Crippen molar-refractivity contribution in [2.45, 2.75) is 38.0 Å². The molecule has 6 heteroatoms. The lowest BCUT2D eigenvalue weighted by atomic mass is 9.78. The lowest BCUT2D eigenvalue weighted by Crippen LogP contribution is -2.29. The summed E-state index contributed by atoms with van der Waals surface area (Å²) in [6, 6.07) is 8.37. The summed E-state index contributed by atoms with van der Waals surface area (Å²) >= 11 is -2.16. The average Bonchev–Trinajstić information content (AvgIpc) is 2.53. The second-order valence-corrected chi connectivity index (χ2v) is 7.59. The number of ether oxygens (including phenoxy) is 2. The van der Waals surface area contributed by atoms with Gasteiger partial charge in [-0.05, 0) is 42.4 Å². The van der Waals surface area contributed by atoms with Crippen LogP contribution in [0.5, 0.6) is 5.75 Å². The van der Waals surface area contributed by atoms with Gasteiger partial charge in [0, 0.05) is 23.7 Å². The van der Waals surface area contributed by atoms with E-state index in [1.807, 2.05) is 12.1 Å². The van der Waals surface area contributed by atoms with E-state index < -0.39 is 11.3 Å². The molecule has 1 heterocycles. The van der Waals surface area contributed by atoms with Crippen LogP contribution in [-0.4, -0.2) is 35.1 Å². The molecule has 3 unspecified atom stereocenters. The maximum absolute atomic E-state index is 10.6. The van der Waals surface area contributed by atoms with Crippen molar-refractivity contribution in [2.24, 2.45) is 11.8 Å². The first-order valence-corrected chi connectivity index (χ1v) is 9.93. The second-order valence-electron chi connectivity index (χ2n) is 6.84. The quantitative estimate of drug-likeness (QED) is 0.730. The van der Waals surface area contributed by atoms with Crippen molar-refractivity contribution in [3.8, 4) is 5.75 Å². The predicted octanol–water partition coefficient (Wildman–Crippen LogP) is 2.76. The van der Waals surface area contributed by atoms with Gasteiger partial charge in [-0.2, -0.15) is 0 Å². The fourth-order valence-corrected chi connectivity index (χ4v) is 3.96. The molecular weight excluding hydrogens is 326 g/mol. The molecule has 1 saturated heterocycles. The SMILES string of the molecule is O=S([O-])NCCC1CCCCC1COc1ccc(C2COC2)cc1. The highest BCUT2D eigenvalue weighted by molar-refractivity contribution is 7.77. The van der Waals surface area contributed by atoms with Crippen LogP contribution in [0.2, 0.25) is 0 Å². The number of hydrogen-bond acceptors (Lipinski definition) is 4. The molecule has 0 amide bonds. The van der Waals surface area contributed by atoms with E-state index in [1.54, 1.807) is 0 Å². The van der Waals surface area contributed by atoms with E-state index in [4.69, 9.17) is 9.47 Å². The molecule has 0 radical (unpaired) electrons. The van der Waals surface area contributed by atoms with Crippen molar-refractivity contribution in [3.63, 3.8) is 0 Å². The Morgan fingerprint density at radius 3 is 2.50 bits per heavy atom. The predicted molar refractivity (Wildman–Crippen MR) is 92.5 cm³/mol. The van der Waals surface area contributed by atoms with Gasteiger partial charge in [0.2, 0.25) is 0 Å². The molecule has 1 N–H and O–H groups in total. The van der Waals surface area contributed by atoms with Gasteiger partial charge in [-0.25, -0.2) is 4.72 Å². The first kappa shape index (κ1) is 17.9. The third kappa shape index (κ3) is 5.02. The van der Waals surface area contributed by atoms with E-state index >= 15 is 0 Å². The summed E-state index contributed by atoms with van der Waals surface area (Å²) in [5.74, 6) is 2.52. The topological polar surface area (TPSA) is 70.6 Å². The standard InChI is InChI=1S/C18H27NO4S/c20-24(21)19-10-9-14-3-1-2-4-16(14)13-23-18-7-5-15(6-8-18)17-11-22-12-17/h5-8,14,16-17,19H,1-4,9-13H2,(H,20,21)/p-1. The molecule has 1 aliphatic carbocycles. The minimum absolute atomic E-state index is 0.514. The van der Waals surface area contributed by atoms with E-state index in [0.717, 1.165) is 32.0 Å². The lowest BCUT2D eigenvalue weighted by Gasteiger charge is -2.31. The van der Waals surface area contributed by atoms with Gasteiger partial charge in [-0.3, -0.25) is 4.21 Å². The molecule has 3 rings (SSSR count). The summed E-state index contributed by atoms with van der Waals surface area (Å²) in [6.45, 7) is 2.89. The highest BCUT2D eigenvalue weighted by atomic mass is 32.2. The van der Waals surface area contributed by atoms with E-state index in [9.17, 15) is 8.76 Å². The van der Waals surface area contributed by atoms with E-state index in [1.165, 1.54) is 31.2 Å². The molecule has 3 atom stereocenters. The molecule has 2 fully saturated rings. The second kappa shape index (κ2) is 8.94. The van der Waals surface area contributed by atoms with Crippen LogP contribution in [0.25, 0.3) is 0 Å². The van der Waals surface area contributed by atoms with Gasteiger partial charge in [-0.15, -0.1) is 0 Å². The summed E-state index contributed by atoms with van der Waals surface area (Å²) in [5.41, 5.74) is 1.32. The van der Waals surface area contributed by atoms with Gasteiger partial charge in [0.25, 0.3) is 0 Å². The Labute approximate surface area is 146 Å². The number of nitrogens with one attached hydrogen (secondary N) is 1. The van der Waals surface area contributed by atoms with Crippen molar-refractivity contribution in [3.05, 3.63) is 29.8 Å². The summed E-state index contributed by atoms with van der Waals surface area (Å²) in [7, 11) is 0. The van der Waals surface area contributed by atoms with Crippen molar-refractivity contribution >= 4 is 11.3 Å². The molecule has 0 bridgehead atoms. The molecule has 2 aliphatic rings. The van der Waals surface area contributed by atoms with Gasteiger partial charge in [-0.1, -0.05) is 31.4 Å². The number of benzene rings is 1. The molecule has 5 nitrogen and oxygen atoms in total. The van der Waals surface area contributed by atoms with Crippen molar-refractivity contribution in [1.82, 2.24) is 4.72 Å². The highest BCUT2D eigenvalue weighted by Crippen LogP contribution is 2.33. The van der Waals surface area contributed by atoms with Crippen molar-refractivity contribution in [2.75, 3.05) is 26.4 Å². The maximum atomic E-state index is 10.6. The molecule has 0 aromatic heterocycles. The molecule has 24 heavy (non-hydrogen) atoms. The van der Waals surface area contributed by atoms with Crippen LogP contribution in [0, 0.1) is 11.8 Å². The van der Waals surface area contributed by atoms with E-state index in [-0.39, 0.29) is 0 Å². The van der Waals surface area contributed by atoms with Crippen LogP contribution in [0.4, 0.5) is 0 Å². The zero-order chi connectivity index (χ0) is 16.8. The van der Waals surface area contributed by atoms with Gasteiger partial charge >= 0.3 is 0 Å². The van der Waals surface area contributed by atoms with Gasteiger partial charge in [0.05, 0.1) is 19.8 Å². The maximum Gasteiger partial charge on any atom is 0.119 e. The molecule has 0 spiro atoms. The third-order valence-electron chi connectivity index (χ3n) is 5.26. The monoisotopic (exact) mass is 352 g/mol. The van der Waals surface area contributed by atoms with E-state index in [2.05, 4.69) is 16.9 Å². The largest absolute Gasteiger partial charge is 0.760 e. The molecule has 1 aliphatic heterocycles. The minimum Gasteiger partial charge on any atom is -0.760 e. The Morgan fingerprint density at radius 1 is 1.17 bits per heavy atom. The van der Waals surface area contributed by atoms with Crippen LogP contribution in [0.15, 0.2) is 24.3 Å². The molecule has 134 valence electrons. The Kier molecular flexibility index (Phi) is 6.66. The van der Waals surface area contributed by atoms with Crippen LogP contribution >= 0.6 is 0 Å². The fourth-order valence-electron chi connectivity index (χ4n) is 3.68. The normalized spacial score (nSPS) is 25.9. The Balaban J connectivity index is 1.46. The first-order valence-electron chi connectivity index (χ1n) is 8.85. The van der Waals surface area contributed by atoms with Crippen LogP contribution in [0.3, 0.4) is 0 Å². The Bertz CT molecular complexity index is 532. The minimum atomic E-state index is -2.16. The third-order valence-corrected chi connectivity index (χ3v) is 5.70. The Hall–Kier alpha value is -0.950. The van der Waals surface area contributed by atoms with Crippen molar-refractivity contribution in [1.29, 1.82) is 0 Å². The fraction of sp³-hybridized carbons (Fsp3) is 0.667. The average molecular weight is 352 g/mol. The summed E-state index contributed by atoms with van der Waals surface area (Å²) in [5, 5.41) is 0. The van der Waals surface area contributed by atoms with Crippen LogP contribution in [-0.2, 0) is 16.0 Å². The Morgan fingerprint density at radius 2 is 1.88 bits per heavy atom. The highest BCUT2D eigenvalue weighted by Gasteiger charge is 2.25. The summed E-state index contributed by atoms with van der Waals surface area (Å²) in [4.78, 5) is 0. The molecule has 1 aromatic rings. The number of hydrogen-bond donors (Lipinski definition) is 1. The van der Waals surface area contributed by atoms with Gasteiger partial charge < -0.3 is 14.0 Å². The lowest BCUT2D eigenvalue weighted by molar-refractivity contribution is 0.00839. The smallest absolute Gasteiger partial charge is 0.119 e. The number of rotatable bonds is 8. The zero-order valence-electron chi connectivity index (χ0n) is 13.9. The van der Waals surface area contributed by atoms with E-state index in [0.29, 0.717) is 24.3 Å².